The van der Waals surface area contributed by atoms with E-state index in [1.54, 1.807) is 19.1 Å². The van der Waals surface area contributed by atoms with Crippen LogP contribution in [0, 0.1) is 0 Å². The number of nitrogens with zero attached hydrogens (tertiary/aromatic N) is 1. The van der Waals surface area contributed by atoms with E-state index < -0.39 is 10.0 Å². The maximum absolute atomic E-state index is 12.7. The van der Waals surface area contributed by atoms with Gasteiger partial charge in [0, 0.05) is 22.8 Å². The highest BCUT2D eigenvalue weighted by Crippen LogP contribution is 2.29. The van der Waals surface area contributed by atoms with E-state index in [1.807, 2.05) is 0 Å². The summed E-state index contributed by atoms with van der Waals surface area (Å²) < 4.78 is 27.2. The SMILES string of the molecule is CCN(c1cccc(O)c1)S(=O)(=O)c1ccc(N)c(Br)c1. The maximum Gasteiger partial charge on any atom is 0.264 e. The topological polar surface area (TPSA) is 83.6 Å². The Kier molecular flexibility index (Phi) is 4.43. The highest BCUT2D eigenvalue weighted by molar-refractivity contribution is 9.10. The van der Waals surface area contributed by atoms with Crippen molar-refractivity contribution in [1.29, 1.82) is 0 Å². The Bertz CT molecular complexity index is 763. The third-order valence-electron chi connectivity index (χ3n) is 2.96. The summed E-state index contributed by atoms with van der Waals surface area (Å²) in [5, 5.41) is 9.53. The molecule has 5 nitrogen and oxygen atoms in total. The van der Waals surface area contributed by atoms with Gasteiger partial charge in [-0.3, -0.25) is 4.31 Å². The molecule has 0 heterocycles. The predicted molar refractivity (Wildman–Crippen MR) is 86.9 cm³/mol. The zero-order valence-corrected chi connectivity index (χ0v) is 13.7. The van der Waals surface area contributed by atoms with E-state index in [0.29, 0.717) is 15.8 Å². The average Bonchev–Trinajstić information content (AvgIpc) is 2.42. The number of nitrogen functional groups attached to an aromatic ring is 1. The minimum absolute atomic E-state index is 0.0136. The number of phenolic OH excluding ortho intramolecular Hbond substituents is 1. The quantitative estimate of drug-likeness (QED) is 0.810. The fraction of sp³-hybridized carbons (Fsp3) is 0.143. The molecule has 0 aliphatic carbocycles. The molecule has 21 heavy (non-hydrogen) atoms. The van der Waals surface area contributed by atoms with Crippen LogP contribution in [-0.2, 0) is 10.0 Å². The summed E-state index contributed by atoms with van der Waals surface area (Å²) in [7, 11) is -3.72. The van der Waals surface area contributed by atoms with Crippen LogP contribution in [0.15, 0.2) is 51.8 Å². The molecule has 0 unspecified atom stereocenters. The number of benzene rings is 2. The molecule has 2 rings (SSSR count). The molecule has 0 aliphatic rings. The number of hydrogen-bond acceptors (Lipinski definition) is 4. The van der Waals surface area contributed by atoms with Crippen LogP contribution in [0.5, 0.6) is 5.75 Å². The van der Waals surface area contributed by atoms with Gasteiger partial charge in [0.05, 0.1) is 10.6 Å². The zero-order chi connectivity index (χ0) is 15.6. The molecular weight excluding hydrogens is 356 g/mol. The van der Waals surface area contributed by atoms with Crippen LogP contribution in [-0.4, -0.2) is 20.1 Å². The Labute approximate surface area is 132 Å². The van der Waals surface area contributed by atoms with E-state index in [2.05, 4.69) is 15.9 Å². The van der Waals surface area contributed by atoms with Crippen LogP contribution in [0.1, 0.15) is 6.92 Å². The fourth-order valence-electron chi connectivity index (χ4n) is 1.94. The predicted octanol–water partition coefficient (Wildman–Crippen LogP) is 2.95. The van der Waals surface area contributed by atoms with Gasteiger partial charge >= 0.3 is 0 Å². The first-order chi connectivity index (χ1) is 9.86. The van der Waals surface area contributed by atoms with E-state index in [-0.39, 0.29) is 17.2 Å². The van der Waals surface area contributed by atoms with Gasteiger partial charge in [0.25, 0.3) is 10.0 Å². The highest BCUT2D eigenvalue weighted by atomic mass is 79.9. The lowest BCUT2D eigenvalue weighted by atomic mass is 10.3. The van der Waals surface area contributed by atoms with Crippen molar-refractivity contribution in [2.45, 2.75) is 11.8 Å². The molecule has 3 N–H and O–H groups in total. The van der Waals surface area contributed by atoms with Crippen LogP contribution >= 0.6 is 15.9 Å². The molecule has 0 aromatic heterocycles. The second-order valence-electron chi connectivity index (χ2n) is 4.37. The summed E-state index contributed by atoms with van der Waals surface area (Å²) in [4.78, 5) is 0.133. The third-order valence-corrected chi connectivity index (χ3v) is 5.55. The van der Waals surface area contributed by atoms with Crippen molar-refractivity contribution >= 4 is 37.3 Å². The minimum atomic E-state index is -3.72. The van der Waals surface area contributed by atoms with Crippen LogP contribution < -0.4 is 10.0 Å². The molecule has 0 radical (unpaired) electrons. The largest absolute Gasteiger partial charge is 0.508 e. The van der Waals surface area contributed by atoms with Crippen molar-refractivity contribution in [3.63, 3.8) is 0 Å². The molecule has 112 valence electrons. The van der Waals surface area contributed by atoms with Crippen molar-refractivity contribution in [3.05, 3.63) is 46.9 Å². The summed E-state index contributed by atoms with van der Waals surface area (Å²) in [5.41, 5.74) is 6.56. The number of rotatable bonds is 4. The minimum Gasteiger partial charge on any atom is -0.508 e. The number of aromatic hydroxyl groups is 1. The second kappa shape index (κ2) is 5.95. The number of nitrogens with two attached hydrogens (primary N) is 1. The monoisotopic (exact) mass is 370 g/mol. The molecular formula is C14H15BrN2O3S. The lowest BCUT2D eigenvalue weighted by molar-refractivity contribution is 0.475. The normalized spacial score (nSPS) is 11.3. The van der Waals surface area contributed by atoms with Crippen molar-refractivity contribution in [2.75, 3.05) is 16.6 Å². The molecule has 7 heteroatoms. The molecule has 2 aromatic rings. The van der Waals surface area contributed by atoms with E-state index in [1.165, 1.54) is 34.6 Å². The number of phenols is 1. The summed E-state index contributed by atoms with van der Waals surface area (Å²) in [5.74, 6) is 0.0136. The average molecular weight is 371 g/mol. The number of anilines is 2. The van der Waals surface area contributed by atoms with Gasteiger partial charge in [-0.15, -0.1) is 0 Å². The van der Waals surface area contributed by atoms with Gasteiger partial charge in [-0.05, 0) is 53.2 Å². The number of hydrogen-bond donors (Lipinski definition) is 2. The van der Waals surface area contributed by atoms with Gasteiger partial charge in [0.15, 0.2) is 0 Å². The van der Waals surface area contributed by atoms with E-state index in [4.69, 9.17) is 5.73 Å². The molecule has 0 saturated heterocycles. The summed E-state index contributed by atoms with van der Waals surface area (Å²) >= 11 is 3.23. The van der Waals surface area contributed by atoms with Gasteiger partial charge in [-0.2, -0.15) is 0 Å². The van der Waals surface area contributed by atoms with Gasteiger partial charge < -0.3 is 10.8 Å². The Morgan fingerprint density at radius 1 is 1.24 bits per heavy atom. The molecule has 0 fully saturated rings. The second-order valence-corrected chi connectivity index (χ2v) is 7.09. The molecule has 2 aromatic carbocycles. The fourth-order valence-corrected chi connectivity index (χ4v) is 3.96. The van der Waals surface area contributed by atoms with Crippen LogP contribution in [0.4, 0.5) is 11.4 Å². The Morgan fingerprint density at radius 3 is 2.52 bits per heavy atom. The van der Waals surface area contributed by atoms with E-state index in [9.17, 15) is 13.5 Å². The van der Waals surface area contributed by atoms with Gasteiger partial charge in [-0.25, -0.2) is 8.42 Å². The molecule has 0 spiro atoms. The lowest BCUT2D eigenvalue weighted by Crippen LogP contribution is -2.30. The summed E-state index contributed by atoms with van der Waals surface area (Å²) in [6, 6.07) is 10.6. The smallest absolute Gasteiger partial charge is 0.264 e. The van der Waals surface area contributed by atoms with Crippen LogP contribution in [0.3, 0.4) is 0 Å². The number of sulfonamides is 1. The van der Waals surface area contributed by atoms with Gasteiger partial charge in [0.2, 0.25) is 0 Å². The molecule has 0 atom stereocenters. The summed E-state index contributed by atoms with van der Waals surface area (Å²) in [6.45, 7) is 1.97. The first kappa shape index (κ1) is 15.7. The molecule has 0 saturated carbocycles. The Morgan fingerprint density at radius 2 is 1.95 bits per heavy atom. The van der Waals surface area contributed by atoms with Crippen LogP contribution in [0.2, 0.25) is 0 Å². The van der Waals surface area contributed by atoms with Crippen molar-refractivity contribution in [2.24, 2.45) is 0 Å². The first-order valence-electron chi connectivity index (χ1n) is 6.23. The third kappa shape index (κ3) is 3.14. The van der Waals surface area contributed by atoms with Crippen molar-refractivity contribution in [1.82, 2.24) is 0 Å². The lowest BCUT2D eigenvalue weighted by Gasteiger charge is -2.23. The van der Waals surface area contributed by atoms with Crippen molar-refractivity contribution in [3.8, 4) is 5.75 Å². The van der Waals surface area contributed by atoms with Crippen LogP contribution in [0.25, 0.3) is 0 Å². The molecule has 0 bridgehead atoms. The highest BCUT2D eigenvalue weighted by Gasteiger charge is 2.24. The molecule has 0 aliphatic heterocycles. The van der Waals surface area contributed by atoms with Crippen molar-refractivity contribution < 1.29 is 13.5 Å². The zero-order valence-electron chi connectivity index (χ0n) is 11.3. The molecule has 0 amide bonds. The van der Waals surface area contributed by atoms with Gasteiger partial charge in [0.1, 0.15) is 5.75 Å². The Hall–Kier alpha value is -1.73. The number of halogens is 1. The first-order valence-corrected chi connectivity index (χ1v) is 8.46. The maximum atomic E-state index is 12.7. The Balaban J connectivity index is 2.51. The standard InChI is InChI=1S/C14H15BrN2O3S/c1-2-17(10-4-3-5-11(18)8-10)21(19,20)12-6-7-14(16)13(15)9-12/h3-9,18H,2,16H2,1H3. The summed E-state index contributed by atoms with van der Waals surface area (Å²) in [6.07, 6.45) is 0. The van der Waals surface area contributed by atoms with E-state index >= 15 is 0 Å². The van der Waals surface area contributed by atoms with Gasteiger partial charge in [-0.1, -0.05) is 6.07 Å². The van der Waals surface area contributed by atoms with E-state index in [0.717, 1.165) is 0 Å².